The van der Waals surface area contributed by atoms with Gasteiger partial charge < -0.3 is 28.4 Å². The van der Waals surface area contributed by atoms with Crippen molar-refractivity contribution in [2.24, 2.45) is 0 Å². The zero-order chi connectivity index (χ0) is 21.6. The van der Waals surface area contributed by atoms with Crippen LogP contribution >= 0.6 is 0 Å². The van der Waals surface area contributed by atoms with Crippen LogP contribution in [0.3, 0.4) is 0 Å². The van der Waals surface area contributed by atoms with Gasteiger partial charge in [0.05, 0.1) is 20.1 Å². The van der Waals surface area contributed by atoms with E-state index in [4.69, 9.17) is 28.4 Å². The van der Waals surface area contributed by atoms with Gasteiger partial charge in [-0.15, -0.1) is 0 Å². The van der Waals surface area contributed by atoms with Crippen molar-refractivity contribution in [1.82, 2.24) is 5.32 Å². The van der Waals surface area contributed by atoms with Crippen molar-refractivity contribution in [1.29, 1.82) is 0 Å². The molecule has 0 unspecified atom stereocenters. The number of nitrogens with one attached hydrogen (secondary N) is 1. The molecule has 3 fully saturated rings. The number of methoxy groups -OCH3 is 1. The Bertz CT molecular complexity index is 768. The van der Waals surface area contributed by atoms with Gasteiger partial charge in [0.15, 0.2) is 17.3 Å². The number of esters is 1. The third kappa shape index (κ3) is 4.26. The van der Waals surface area contributed by atoms with Gasteiger partial charge in [-0.25, -0.2) is 0 Å². The van der Waals surface area contributed by atoms with Gasteiger partial charge in [0, 0.05) is 6.54 Å². The maximum Gasteiger partial charge on any atom is 0.309 e. The Morgan fingerprint density at radius 1 is 1.03 bits per heavy atom. The number of hydrogen-bond acceptors (Lipinski definition) is 8. The second-order valence-corrected chi connectivity index (χ2v) is 8.95. The van der Waals surface area contributed by atoms with Gasteiger partial charge in [0.1, 0.15) is 24.4 Å². The van der Waals surface area contributed by atoms with Gasteiger partial charge in [0.2, 0.25) is 0 Å². The minimum atomic E-state index is -1.12. The lowest BCUT2D eigenvalue weighted by atomic mass is 9.97. The van der Waals surface area contributed by atoms with Crippen molar-refractivity contribution < 1.29 is 33.2 Å². The molecule has 0 amide bonds. The maximum absolute atomic E-state index is 12.4. The second kappa shape index (κ2) is 7.85. The molecule has 166 valence electrons. The molecule has 5 atom stereocenters. The molecule has 0 radical (unpaired) electrons. The first kappa shape index (κ1) is 21.7. The molecule has 3 aliphatic heterocycles. The number of fused-ring (bicyclic) bond motifs is 1. The fourth-order valence-corrected chi connectivity index (χ4v) is 4.41. The summed E-state index contributed by atoms with van der Waals surface area (Å²) in [5.41, 5.74) is -0.0626. The molecule has 3 saturated heterocycles. The summed E-state index contributed by atoms with van der Waals surface area (Å²) in [6.45, 7) is 8.31. The molecule has 0 spiro atoms. The smallest absolute Gasteiger partial charge is 0.309 e. The first-order chi connectivity index (χ1) is 14.1. The van der Waals surface area contributed by atoms with E-state index in [1.54, 1.807) is 0 Å². The molecule has 0 aromatic heterocycles. The zero-order valence-electron chi connectivity index (χ0n) is 18.2. The summed E-state index contributed by atoms with van der Waals surface area (Å²) in [6, 6.07) is 9.91. The molecule has 0 aliphatic carbocycles. The Kier molecular flexibility index (Phi) is 5.67. The summed E-state index contributed by atoms with van der Waals surface area (Å²) in [5, 5.41) is 3.44. The van der Waals surface area contributed by atoms with Crippen LogP contribution in [-0.2, 0) is 39.8 Å². The highest BCUT2D eigenvalue weighted by atomic mass is 16.8. The van der Waals surface area contributed by atoms with Crippen LogP contribution in [0.15, 0.2) is 30.3 Å². The molecule has 1 aromatic rings. The minimum absolute atomic E-state index is 0.0234. The van der Waals surface area contributed by atoms with Gasteiger partial charge in [-0.05, 0) is 33.3 Å². The number of carbonyl (C=O) groups is 1. The van der Waals surface area contributed by atoms with Crippen LogP contribution in [0.4, 0.5) is 0 Å². The predicted molar refractivity (Wildman–Crippen MR) is 106 cm³/mol. The summed E-state index contributed by atoms with van der Waals surface area (Å²) >= 11 is 0. The Morgan fingerprint density at radius 2 is 1.77 bits per heavy atom. The van der Waals surface area contributed by atoms with Crippen molar-refractivity contribution >= 4 is 5.97 Å². The quantitative estimate of drug-likeness (QED) is 0.700. The standard InChI is InChI=1S/C22H31NO7/c1-20(2)26-13-15(27-20)17-18-19(30-21(3,4)28-18)22(29-17,11-16(24)25-5)23-12-14-9-7-6-8-10-14/h6-10,15,17-19,23H,11-13H2,1-5H3/t15-,17-,18+,19+,22+/m1/s1. The Balaban J connectivity index is 1.63. The van der Waals surface area contributed by atoms with Crippen molar-refractivity contribution in [2.45, 2.75) is 82.4 Å². The number of hydrogen-bond donors (Lipinski definition) is 1. The SMILES string of the molecule is COC(=O)C[C@]1(NCc2ccccc2)O[C@H]([C@H]2COC(C)(C)O2)[C@@H]2OC(C)(C)O[C@@H]21. The van der Waals surface area contributed by atoms with Crippen LogP contribution in [0, 0.1) is 0 Å². The third-order valence-electron chi connectivity index (χ3n) is 5.72. The molecule has 1 N–H and O–H groups in total. The predicted octanol–water partition coefficient (Wildman–Crippen LogP) is 2.11. The fraction of sp³-hybridized carbons (Fsp3) is 0.682. The van der Waals surface area contributed by atoms with Crippen LogP contribution in [0.25, 0.3) is 0 Å². The Labute approximate surface area is 177 Å². The van der Waals surface area contributed by atoms with Crippen LogP contribution < -0.4 is 5.32 Å². The normalized spacial score (nSPS) is 36.6. The van der Waals surface area contributed by atoms with Gasteiger partial charge in [-0.3, -0.25) is 10.1 Å². The van der Waals surface area contributed by atoms with E-state index in [0.29, 0.717) is 13.2 Å². The van der Waals surface area contributed by atoms with Crippen LogP contribution in [-0.4, -0.2) is 61.4 Å². The molecule has 1 aromatic carbocycles. The summed E-state index contributed by atoms with van der Waals surface area (Å²) in [4.78, 5) is 12.4. The first-order valence-electron chi connectivity index (χ1n) is 10.3. The van der Waals surface area contributed by atoms with Crippen molar-refractivity contribution in [3.8, 4) is 0 Å². The van der Waals surface area contributed by atoms with E-state index in [2.05, 4.69) is 5.32 Å². The molecular formula is C22H31NO7. The van der Waals surface area contributed by atoms with E-state index in [1.165, 1.54) is 7.11 Å². The lowest BCUT2D eigenvalue weighted by Gasteiger charge is -2.35. The number of ether oxygens (including phenoxy) is 6. The Hall–Kier alpha value is -1.55. The molecule has 3 aliphatic rings. The van der Waals surface area contributed by atoms with Crippen LogP contribution in [0.2, 0.25) is 0 Å². The van der Waals surface area contributed by atoms with Gasteiger partial charge in [-0.2, -0.15) is 0 Å². The molecule has 4 rings (SSSR count). The van der Waals surface area contributed by atoms with E-state index in [0.717, 1.165) is 5.56 Å². The van der Waals surface area contributed by atoms with E-state index in [1.807, 2.05) is 58.0 Å². The van der Waals surface area contributed by atoms with E-state index >= 15 is 0 Å². The highest BCUT2D eigenvalue weighted by Gasteiger charge is 2.66. The molecule has 0 saturated carbocycles. The number of benzene rings is 1. The molecule has 8 nitrogen and oxygen atoms in total. The average molecular weight is 421 g/mol. The lowest BCUT2D eigenvalue weighted by molar-refractivity contribution is -0.235. The van der Waals surface area contributed by atoms with E-state index in [-0.39, 0.29) is 12.5 Å². The van der Waals surface area contributed by atoms with Crippen LogP contribution in [0.5, 0.6) is 0 Å². The fourth-order valence-electron chi connectivity index (χ4n) is 4.41. The van der Waals surface area contributed by atoms with E-state index in [9.17, 15) is 4.79 Å². The van der Waals surface area contributed by atoms with Crippen LogP contribution in [0.1, 0.15) is 39.7 Å². The minimum Gasteiger partial charge on any atom is -0.469 e. The monoisotopic (exact) mass is 421 g/mol. The van der Waals surface area contributed by atoms with Crippen molar-refractivity contribution in [2.75, 3.05) is 13.7 Å². The highest BCUT2D eigenvalue weighted by molar-refractivity contribution is 5.70. The molecule has 3 heterocycles. The number of carbonyl (C=O) groups excluding carboxylic acids is 1. The third-order valence-corrected chi connectivity index (χ3v) is 5.72. The van der Waals surface area contributed by atoms with Gasteiger partial charge in [-0.1, -0.05) is 30.3 Å². The van der Waals surface area contributed by atoms with Crippen molar-refractivity contribution in [3.63, 3.8) is 0 Å². The summed E-state index contributed by atoms with van der Waals surface area (Å²) < 4.78 is 35.8. The topological polar surface area (TPSA) is 84.5 Å². The molecular weight excluding hydrogens is 390 g/mol. The van der Waals surface area contributed by atoms with Crippen molar-refractivity contribution in [3.05, 3.63) is 35.9 Å². The maximum atomic E-state index is 12.4. The second-order valence-electron chi connectivity index (χ2n) is 8.95. The highest BCUT2D eigenvalue weighted by Crippen LogP contribution is 2.47. The summed E-state index contributed by atoms with van der Waals surface area (Å²) in [6.07, 6.45) is -1.78. The first-order valence-corrected chi connectivity index (χ1v) is 10.3. The molecule has 8 heteroatoms. The average Bonchev–Trinajstić information content (AvgIpc) is 3.31. The molecule has 0 bridgehead atoms. The van der Waals surface area contributed by atoms with Gasteiger partial charge in [0.25, 0.3) is 0 Å². The largest absolute Gasteiger partial charge is 0.469 e. The Morgan fingerprint density at radius 3 is 2.40 bits per heavy atom. The summed E-state index contributed by atoms with van der Waals surface area (Å²) in [5.74, 6) is -1.92. The number of rotatable bonds is 6. The zero-order valence-corrected chi connectivity index (χ0v) is 18.2. The van der Waals surface area contributed by atoms with Gasteiger partial charge >= 0.3 is 5.97 Å². The molecule has 30 heavy (non-hydrogen) atoms. The lowest BCUT2D eigenvalue weighted by Crippen LogP contribution is -2.56. The summed E-state index contributed by atoms with van der Waals surface area (Å²) in [7, 11) is 1.36. The van der Waals surface area contributed by atoms with E-state index < -0.39 is 41.6 Å².